The molecule has 0 saturated carbocycles. The van der Waals surface area contributed by atoms with E-state index in [1.54, 1.807) is 4.57 Å². The van der Waals surface area contributed by atoms with Gasteiger partial charge >= 0.3 is 0 Å². The monoisotopic (exact) mass is 871 g/mol. The van der Waals surface area contributed by atoms with Crippen LogP contribution in [0.15, 0.2) is 188 Å². The van der Waals surface area contributed by atoms with E-state index in [1.165, 1.54) is 6.33 Å². The summed E-state index contributed by atoms with van der Waals surface area (Å²) < 4.78 is 45.7. The number of nitrogens with one attached hydrogen (secondary N) is 1. The third kappa shape index (κ3) is 7.86. The van der Waals surface area contributed by atoms with Crippen LogP contribution in [0.2, 0.25) is 5.15 Å². The van der Waals surface area contributed by atoms with E-state index in [2.05, 4.69) is 83.1 Å². The van der Waals surface area contributed by atoms with Crippen molar-refractivity contribution in [3.63, 3.8) is 0 Å². The van der Waals surface area contributed by atoms with Crippen LogP contribution in [-0.4, -0.2) is 57.4 Å². The van der Waals surface area contributed by atoms with Gasteiger partial charge in [0.05, 0.1) is 12.9 Å². The molecule has 2 aromatic heterocycles. The first-order valence-electron chi connectivity index (χ1n) is 21.8. The zero-order valence-corrected chi connectivity index (χ0v) is 35.8. The lowest BCUT2D eigenvalue weighted by Crippen LogP contribution is -2.42. The van der Waals surface area contributed by atoms with Crippen LogP contribution in [0.4, 0.5) is 10.3 Å². The molecular weight excluding hydrogens is 825 g/mol. The molecule has 322 valence electrons. The van der Waals surface area contributed by atoms with Gasteiger partial charge in [0.25, 0.3) is 0 Å². The van der Waals surface area contributed by atoms with Crippen LogP contribution in [0, 0.1) is 0 Å². The highest BCUT2D eigenvalue weighted by Crippen LogP contribution is 2.44. The molecule has 64 heavy (non-hydrogen) atoms. The van der Waals surface area contributed by atoms with Crippen LogP contribution in [0.5, 0.6) is 0 Å². The third-order valence-electron chi connectivity index (χ3n) is 12.3. The van der Waals surface area contributed by atoms with Crippen LogP contribution < -0.4 is 5.32 Å². The summed E-state index contributed by atoms with van der Waals surface area (Å²) >= 11 is 6.98. The highest BCUT2D eigenvalue weighted by atomic mass is 35.5. The fourth-order valence-electron chi connectivity index (χ4n) is 9.26. The van der Waals surface area contributed by atoms with Gasteiger partial charge in [-0.05, 0) is 52.6 Å². The predicted octanol–water partition coefficient (Wildman–Crippen LogP) is 11.0. The van der Waals surface area contributed by atoms with Gasteiger partial charge in [-0.1, -0.05) is 194 Å². The maximum absolute atomic E-state index is 17.6. The van der Waals surface area contributed by atoms with Gasteiger partial charge in [0.15, 0.2) is 29.5 Å². The molecule has 0 spiro atoms. The number of benzene rings is 6. The first-order valence-corrected chi connectivity index (χ1v) is 22.1. The Morgan fingerprint density at radius 1 is 0.656 bits per heavy atom. The molecule has 4 heterocycles. The second-order valence-electron chi connectivity index (χ2n) is 16.1. The number of ether oxygens (including phenoxy) is 4. The molecule has 2 aliphatic heterocycles. The second kappa shape index (κ2) is 18.4. The number of alkyl halides is 1. The predicted molar refractivity (Wildman–Crippen MR) is 246 cm³/mol. The van der Waals surface area contributed by atoms with Crippen molar-refractivity contribution < 1.29 is 23.3 Å². The van der Waals surface area contributed by atoms with Crippen molar-refractivity contribution in [3.05, 3.63) is 227 Å². The summed E-state index contributed by atoms with van der Waals surface area (Å²) in [6.45, 7) is 0.503. The third-order valence-corrected chi connectivity index (χ3v) is 12.6. The largest absolute Gasteiger partial charge is 0.358 e. The molecule has 11 heteroatoms. The SMILES string of the molecule is F[C@@H]1[C@@H](OC2CCCCO2)[C@@H](COC(c2ccccc2)(c2ccccc2)c2ccccc2)O[C@H]1n1cnc2c(Cl)nc(NC(c3ccccc3)(c3ccccc3)c3ccccc3)nc21. The Labute approximate surface area is 376 Å². The molecule has 5 atom stereocenters. The first-order chi connectivity index (χ1) is 31.5. The summed E-state index contributed by atoms with van der Waals surface area (Å²) in [6.07, 6.45) is -1.47. The number of aromatic nitrogens is 4. The quantitative estimate of drug-likeness (QED) is 0.0853. The maximum atomic E-state index is 17.6. The van der Waals surface area contributed by atoms with Crippen molar-refractivity contribution in [1.82, 2.24) is 19.5 Å². The zero-order chi connectivity index (χ0) is 43.4. The van der Waals surface area contributed by atoms with E-state index in [9.17, 15) is 0 Å². The minimum absolute atomic E-state index is 0.0318. The number of anilines is 1. The minimum Gasteiger partial charge on any atom is -0.358 e. The number of hydrogen-bond donors (Lipinski definition) is 1. The smallest absolute Gasteiger partial charge is 0.227 e. The molecule has 9 nitrogen and oxygen atoms in total. The maximum Gasteiger partial charge on any atom is 0.227 e. The molecule has 6 aromatic carbocycles. The van der Waals surface area contributed by atoms with Crippen LogP contribution in [-0.2, 0) is 30.1 Å². The molecule has 0 bridgehead atoms. The Kier molecular flexibility index (Phi) is 12.0. The Balaban J connectivity index is 1.05. The lowest BCUT2D eigenvalue weighted by atomic mass is 9.77. The molecule has 0 aliphatic carbocycles. The van der Waals surface area contributed by atoms with E-state index in [1.807, 2.05) is 109 Å². The summed E-state index contributed by atoms with van der Waals surface area (Å²) in [5.74, 6) is 0.214. The summed E-state index contributed by atoms with van der Waals surface area (Å²) in [5.41, 5.74) is 4.16. The fraction of sp³-hybridized carbons (Fsp3) is 0.226. The molecule has 0 amide bonds. The van der Waals surface area contributed by atoms with E-state index in [0.29, 0.717) is 24.2 Å². The number of fused-ring (bicyclic) bond motifs is 1. The van der Waals surface area contributed by atoms with Crippen molar-refractivity contribution in [1.29, 1.82) is 0 Å². The van der Waals surface area contributed by atoms with Crippen LogP contribution in [0.1, 0.15) is 58.9 Å². The van der Waals surface area contributed by atoms with Crippen molar-refractivity contribution in [2.45, 2.75) is 61.3 Å². The Bertz CT molecular complexity index is 2560. The summed E-state index contributed by atoms with van der Waals surface area (Å²) in [6, 6.07) is 60.6. The van der Waals surface area contributed by atoms with Crippen LogP contribution in [0.3, 0.4) is 0 Å². The van der Waals surface area contributed by atoms with Gasteiger partial charge < -0.3 is 24.3 Å². The zero-order valence-electron chi connectivity index (χ0n) is 35.0. The molecule has 10 rings (SSSR count). The molecular formula is C53H47ClFN5O4. The lowest BCUT2D eigenvalue weighted by molar-refractivity contribution is -0.209. The van der Waals surface area contributed by atoms with Gasteiger partial charge in [0.1, 0.15) is 28.9 Å². The number of nitrogens with zero attached hydrogens (tertiary/aromatic N) is 4. The number of imidazole rings is 1. The van der Waals surface area contributed by atoms with Gasteiger partial charge in [0.2, 0.25) is 5.95 Å². The van der Waals surface area contributed by atoms with Crippen molar-refractivity contribution in [3.8, 4) is 0 Å². The Morgan fingerprint density at radius 2 is 1.14 bits per heavy atom. The first kappa shape index (κ1) is 41.7. The van der Waals surface area contributed by atoms with E-state index < -0.39 is 42.0 Å². The standard InChI is InChI=1S/C53H47ClFN5O4/c54-48-46-49(58-51(57-48)59-52(37-21-7-1-8-22-37,38-23-9-2-10-24-38)39-25-11-3-12-26-39)60(36-56-46)50-45(55)47(64-44-33-19-20-34-61-44)43(63-50)35-62-53(40-27-13-4-14-28-40,41-29-15-5-16-30-41)42-31-17-6-18-32-42/h1-18,21-32,36,43-45,47,50H,19-20,33-35H2,(H,57,58,59)/t43-,44?,45-,47+,50-/m1/s1. The van der Waals surface area contributed by atoms with Crippen LogP contribution in [0.25, 0.3) is 11.2 Å². The second-order valence-corrected chi connectivity index (χ2v) is 16.5. The summed E-state index contributed by atoms with van der Waals surface area (Å²) in [5, 5.41) is 3.81. The van der Waals surface area contributed by atoms with Gasteiger partial charge in [-0.15, -0.1) is 0 Å². The van der Waals surface area contributed by atoms with Crippen molar-refractivity contribution in [2.24, 2.45) is 0 Å². The lowest BCUT2D eigenvalue weighted by Gasteiger charge is -2.37. The summed E-state index contributed by atoms with van der Waals surface area (Å²) in [7, 11) is 0. The van der Waals surface area contributed by atoms with Gasteiger partial charge in [0, 0.05) is 6.61 Å². The number of halogens is 2. The molecule has 0 radical (unpaired) electrons. The van der Waals surface area contributed by atoms with Gasteiger partial charge in [-0.3, -0.25) is 4.57 Å². The molecule has 2 aliphatic rings. The van der Waals surface area contributed by atoms with Crippen LogP contribution >= 0.6 is 11.6 Å². The van der Waals surface area contributed by atoms with E-state index in [4.69, 9.17) is 40.5 Å². The Hall–Kier alpha value is -6.27. The molecule has 2 fully saturated rings. The average Bonchev–Trinajstić information content (AvgIpc) is 3.93. The average molecular weight is 872 g/mol. The van der Waals surface area contributed by atoms with Crippen molar-refractivity contribution >= 4 is 28.7 Å². The molecule has 1 unspecified atom stereocenters. The topological polar surface area (TPSA) is 92.5 Å². The highest BCUT2D eigenvalue weighted by Gasteiger charge is 2.50. The van der Waals surface area contributed by atoms with Gasteiger partial charge in [-0.25, -0.2) is 9.37 Å². The number of hydrogen-bond acceptors (Lipinski definition) is 8. The van der Waals surface area contributed by atoms with E-state index in [0.717, 1.165) is 46.2 Å². The van der Waals surface area contributed by atoms with Gasteiger partial charge in [-0.2, -0.15) is 9.97 Å². The van der Waals surface area contributed by atoms with E-state index in [-0.39, 0.29) is 17.7 Å². The minimum atomic E-state index is -1.68. The Morgan fingerprint density at radius 3 is 1.61 bits per heavy atom. The molecule has 8 aromatic rings. The normalized spacial score (nSPS) is 20.3. The van der Waals surface area contributed by atoms with Crippen molar-refractivity contribution in [2.75, 3.05) is 18.5 Å². The van der Waals surface area contributed by atoms with E-state index >= 15 is 4.39 Å². The molecule has 2 saturated heterocycles. The number of rotatable bonds is 14. The molecule has 1 N–H and O–H groups in total. The fourth-order valence-corrected chi connectivity index (χ4v) is 9.47. The summed E-state index contributed by atoms with van der Waals surface area (Å²) in [4.78, 5) is 14.4. The highest BCUT2D eigenvalue weighted by molar-refractivity contribution is 6.33.